The number of hydrogen-bond acceptors (Lipinski definition) is 8. The Morgan fingerprint density at radius 1 is 1.50 bits per heavy atom. The van der Waals surface area contributed by atoms with E-state index in [0.29, 0.717) is 5.39 Å². The number of methoxy groups -OCH3 is 1. The lowest BCUT2D eigenvalue weighted by atomic mass is 10.0. The van der Waals surface area contributed by atoms with Gasteiger partial charge in [0.25, 0.3) is 0 Å². The fourth-order valence-corrected chi connectivity index (χ4v) is 1.97. The van der Waals surface area contributed by atoms with Gasteiger partial charge in [0.05, 0.1) is 18.2 Å². The van der Waals surface area contributed by atoms with Crippen molar-refractivity contribution in [3.05, 3.63) is 12.5 Å². The molecule has 5 N–H and O–H groups in total. The molecule has 0 unspecified atom stereocenters. The Balaban J connectivity index is 2.49. The molecule has 0 saturated heterocycles. The van der Waals surface area contributed by atoms with Gasteiger partial charge in [-0.2, -0.15) is 5.10 Å². The molecule has 0 saturated carbocycles. The molecule has 0 fully saturated rings. The molecular formula is C11H17N5O4. The van der Waals surface area contributed by atoms with Crippen LogP contribution in [0, 0.1) is 0 Å². The zero-order chi connectivity index (χ0) is 14.9. The van der Waals surface area contributed by atoms with Crippen LogP contribution in [0.15, 0.2) is 12.5 Å². The summed E-state index contributed by atoms with van der Waals surface area (Å²) in [5, 5.41) is 34.3. The lowest BCUT2D eigenvalue weighted by Gasteiger charge is -2.33. The largest absolute Gasteiger partial charge is 0.394 e. The van der Waals surface area contributed by atoms with E-state index < -0.39 is 24.5 Å². The maximum Gasteiger partial charge on any atom is 0.186 e. The predicted molar refractivity (Wildman–Crippen MR) is 69.5 cm³/mol. The number of anilines is 1. The maximum absolute atomic E-state index is 10.5. The molecule has 9 nitrogen and oxygen atoms in total. The topological polar surface area (TPSA) is 140 Å². The number of nitrogens with two attached hydrogens (primary N) is 1. The van der Waals surface area contributed by atoms with Crippen molar-refractivity contribution >= 4 is 16.9 Å². The first kappa shape index (κ1) is 14.6. The Hall–Kier alpha value is -1.81. The van der Waals surface area contributed by atoms with Crippen molar-refractivity contribution in [2.24, 2.45) is 0 Å². The van der Waals surface area contributed by atoms with Crippen molar-refractivity contribution in [3.8, 4) is 0 Å². The smallest absolute Gasteiger partial charge is 0.186 e. The van der Waals surface area contributed by atoms with Crippen molar-refractivity contribution in [2.75, 3.05) is 19.5 Å². The van der Waals surface area contributed by atoms with Crippen LogP contribution in [0.3, 0.4) is 0 Å². The second kappa shape index (κ2) is 5.29. The van der Waals surface area contributed by atoms with Crippen LogP contribution in [0.5, 0.6) is 0 Å². The number of nitrogen functional groups attached to an aromatic ring is 1. The molecule has 0 amide bonds. The quantitative estimate of drug-likeness (QED) is 0.516. The third-order valence-corrected chi connectivity index (χ3v) is 3.22. The highest BCUT2D eigenvalue weighted by atomic mass is 16.5. The molecule has 9 heteroatoms. The van der Waals surface area contributed by atoms with Crippen molar-refractivity contribution in [1.29, 1.82) is 0 Å². The highest BCUT2D eigenvalue weighted by Gasteiger charge is 2.40. The Morgan fingerprint density at radius 3 is 2.80 bits per heavy atom. The van der Waals surface area contributed by atoms with Crippen LogP contribution < -0.4 is 5.73 Å². The van der Waals surface area contributed by atoms with Gasteiger partial charge in [-0.15, -0.1) is 0 Å². The minimum absolute atomic E-state index is 0.219. The van der Waals surface area contributed by atoms with E-state index in [1.54, 1.807) is 0 Å². The summed E-state index contributed by atoms with van der Waals surface area (Å²) in [6.45, 7) is 0.883. The highest BCUT2D eigenvalue weighted by Crippen LogP contribution is 2.25. The van der Waals surface area contributed by atoms with E-state index >= 15 is 0 Å². The molecular weight excluding hydrogens is 266 g/mol. The molecule has 0 bridgehead atoms. The van der Waals surface area contributed by atoms with Gasteiger partial charge in [0, 0.05) is 7.11 Å². The number of rotatable bonds is 5. The third-order valence-electron chi connectivity index (χ3n) is 3.22. The Labute approximate surface area is 114 Å². The summed E-state index contributed by atoms with van der Waals surface area (Å²) in [5.74, 6) is 0.219. The lowest BCUT2D eigenvalue weighted by molar-refractivity contribution is -0.179. The summed E-state index contributed by atoms with van der Waals surface area (Å²) in [6, 6.07) is 0. The Bertz CT molecular complexity index is 596. The van der Waals surface area contributed by atoms with Crippen molar-refractivity contribution in [1.82, 2.24) is 19.7 Å². The van der Waals surface area contributed by atoms with Gasteiger partial charge in [-0.05, 0) is 6.92 Å². The number of fused-ring (bicyclic) bond motifs is 1. The van der Waals surface area contributed by atoms with E-state index in [2.05, 4.69) is 15.1 Å². The molecule has 0 aliphatic carbocycles. The minimum Gasteiger partial charge on any atom is -0.394 e. The van der Waals surface area contributed by atoms with E-state index in [-0.39, 0.29) is 11.5 Å². The van der Waals surface area contributed by atoms with Gasteiger partial charge >= 0.3 is 0 Å². The van der Waals surface area contributed by atoms with Crippen molar-refractivity contribution < 1.29 is 20.1 Å². The number of hydrogen-bond donors (Lipinski definition) is 4. The molecule has 2 heterocycles. The van der Waals surface area contributed by atoms with Gasteiger partial charge < -0.3 is 25.8 Å². The standard InChI is InChI=1S/C11H17N5O4/c1-11(19,8(18)7(4-17)20-2)16-10-6(3-15-16)9(12)13-5-14-10/h3,5,7-8,17-19H,4H2,1-2H3,(H2,12,13,14)/t7-,8-,11-/m1/s1. The van der Waals surface area contributed by atoms with Gasteiger partial charge in [0.2, 0.25) is 0 Å². The van der Waals surface area contributed by atoms with E-state index in [0.717, 1.165) is 4.68 Å². The fourth-order valence-electron chi connectivity index (χ4n) is 1.97. The normalized spacial score (nSPS) is 17.9. The molecule has 2 rings (SSSR count). The molecule has 2 aromatic rings. The number of nitrogens with zero attached hydrogens (tertiary/aromatic N) is 4. The number of aliphatic hydroxyl groups is 3. The van der Waals surface area contributed by atoms with Crippen LogP contribution in [-0.4, -0.2) is 61.0 Å². The van der Waals surface area contributed by atoms with Gasteiger partial charge in [0.15, 0.2) is 11.4 Å². The molecule has 0 radical (unpaired) electrons. The average molecular weight is 283 g/mol. The average Bonchev–Trinajstić information content (AvgIpc) is 2.86. The van der Waals surface area contributed by atoms with Gasteiger partial charge in [0.1, 0.15) is 24.4 Å². The lowest BCUT2D eigenvalue weighted by Crippen LogP contribution is -2.51. The van der Waals surface area contributed by atoms with Gasteiger partial charge in [-0.3, -0.25) is 0 Å². The van der Waals surface area contributed by atoms with Crippen LogP contribution in [0.2, 0.25) is 0 Å². The molecule has 110 valence electrons. The SMILES string of the molecule is CO[C@H](CO)[C@@H](O)[C@@](C)(O)n1ncc2c(N)ncnc21. The molecule has 2 aromatic heterocycles. The number of ether oxygens (including phenoxy) is 1. The maximum atomic E-state index is 10.5. The van der Waals surface area contributed by atoms with E-state index in [4.69, 9.17) is 15.6 Å². The summed E-state index contributed by atoms with van der Waals surface area (Å²) in [6.07, 6.45) is 0.241. The van der Waals surface area contributed by atoms with Crippen molar-refractivity contribution in [3.63, 3.8) is 0 Å². The molecule has 20 heavy (non-hydrogen) atoms. The molecule has 0 aliphatic heterocycles. The zero-order valence-corrected chi connectivity index (χ0v) is 11.1. The number of aromatic nitrogens is 4. The number of aliphatic hydroxyl groups excluding tert-OH is 2. The molecule has 0 aromatic carbocycles. The van der Waals surface area contributed by atoms with Crippen LogP contribution in [0.1, 0.15) is 6.92 Å². The van der Waals surface area contributed by atoms with Crippen molar-refractivity contribution in [2.45, 2.75) is 24.9 Å². The molecule has 0 spiro atoms. The van der Waals surface area contributed by atoms with E-state index in [1.807, 2.05) is 0 Å². The van der Waals surface area contributed by atoms with Crippen LogP contribution in [0.25, 0.3) is 11.0 Å². The monoisotopic (exact) mass is 283 g/mol. The summed E-state index contributed by atoms with van der Waals surface area (Å²) in [5.41, 5.74) is 4.12. The Kier molecular flexibility index (Phi) is 3.86. The predicted octanol–water partition coefficient (Wildman–Crippen LogP) is -1.56. The van der Waals surface area contributed by atoms with E-state index in [1.165, 1.54) is 26.6 Å². The first-order valence-electron chi connectivity index (χ1n) is 5.92. The highest BCUT2D eigenvalue weighted by molar-refractivity contribution is 5.84. The minimum atomic E-state index is -1.84. The molecule has 0 aliphatic rings. The fraction of sp³-hybridized carbons (Fsp3) is 0.545. The van der Waals surface area contributed by atoms with Crippen LogP contribution in [0.4, 0.5) is 5.82 Å². The first-order chi connectivity index (χ1) is 9.43. The zero-order valence-electron chi connectivity index (χ0n) is 11.1. The summed E-state index contributed by atoms with van der Waals surface area (Å²) < 4.78 is 6.04. The van der Waals surface area contributed by atoms with Gasteiger partial charge in [-0.25, -0.2) is 14.6 Å². The second-order valence-electron chi connectivity index (χ2n) is 4.55. The van der Waals surface area contributed by atoms with E-state index in [9.17, 15) is 10.2 Å². The summed E-state index contributed by atoms with van der Waals surface area (Å²) in [4.78, 5) is 7.82. The summed E-state index contributed by atoms with van der Waals surface area (Å²) >= 11 is 0. The molecule has 3 atom stereocenters. The third kappa shape index (κ3) is 2.20. The second-order valence-corrected chi connectivity index (χ2v) is 4.55. The summed E-state index contributed by atoms with van der Waals surface area (Å²) in [7, 11) is 1.32. The van der Waals surface area contributed by atoms with Crippen LogP contribution in [-0.2, 0) is 10.5 Å². The Morgan fingerprint density at radius 2 is 2.20 bits per heavy atom. The van der Waals surface area contributed by atoms with Gasteiger partial charge in [-0.1, -0.05) is 0 Å². The first-order valence-corrected chi connectivity index (χ1v) is 5.92. The van der Waals surface area contributed by atoms with Crippen LogP contribution >= 0.6 is 0 Å².